The fourth-order valence-corrected chi connectivity index (χ4v) is 4.05. The second kappa shape index (κ2) is 6.48. The molecule has 0 saturated carbocycles. The molecule has 1 atom stereocenters. The molecule has 0 radical (unpaired) electrons. The van der Waals surface area contributed by atoms with Gasteiger partial charge in [-0.25, -0.2) is 0 Å². The highest BCUT2D eigenvalue weighted by Crippen LogP contribution is 2.37. The van der Waals surface area contributed by atoms with Gasteiger partial charge in [-0.1, -0.05) is 55.5 Å². The Bertz CT molecular complexity index is 1180. The lowest BCUT2D eigenvalue weighted by atomic mass is 9.98. The zero-order valence-corrected chi connectivity index (χ0v) is 15.4. The highest BCUT2D eigenvalue weighted by molar-refractivity contribution is 6.11. The third-order valence-electron chi connectivity index (χ3n) is 5.39. The van der Waals surface area contributed by atoms with E-state index in [1.807, 2.05) is 6.07 Å². The maximum atomic E-state index is 3.52. The van der Waals surface area contributed by atoms with Crippen LogP contribution in [0.5, 0.6) is 0 Å². The number of para-hydroxylation sites is 2. The minimum absolute atomic E-state index is 0.510. The van der Waals surface area contributed by atoms with Gasteiger partial charge in [-0.05, 0) is 48.9 Å². The van der Waals surface area contributed by atoms with Crippen molar-refractivity contribution in [2.75, 3.05) is 5.32 Å². The van der Waals surface area contributed by atoms with Crippen LogP contribution in [0.2, 0.25) is 0 Å². The van der Waals surface area contributed by atoms with Crippen LogP contribution in [-0.2, 0) is 0 Å². The minimum atomic E-state index is 0.510. The van der Waals surface area contributed by atoms with Crippen molar-refractivity contribution in [3.8, 4) is 0 Å². The van der Waals surface area contributed by atoms with Crippen molar-refractivity contribution < 1.29 is 0 Å². The van der Waals surface area contributed by atoms with E-state index in [9.17, 15) is 0 Å². The van der Waals surface area contributed by atoms with E-state index in [2.05, 4.69) is 102 Å². The van der Waals surface area contributed by atoms with Crippen LogP contribution in [0.25, 0.3) is 27.5 Å². The maximum absolute atomic E-state index is 3.52. The first kappa shape index (κ1) is 16.0. The van der Waals surface area contributed by atoms with Crippen LogP contribution in [-0.4, -0.2) is 4.57 Å². The number of fused-ring (bicyclic) bond motifs is 3. The zero-order chi connectivity index (χ0) is 18.2. The average Bonchev–Trinajstić information content (AvgIpc) is 3.03. The molecular formula is C25H22N2. The van der Waals surface area contributed by atoms with E-state index in [4.69, 9.17) is 0 Å². The van der Waals surface area contributed by atoms with Gasteiger partial charge < -0.3 is 9.88 Å². The summed E-state index contributed by atoms with van der Waals surface area (Å²) in [5.74, 6) is 0.510. The lowest BCUT2D eigenvalue weighted by Crippen LogP contribution is -2.07. The highest BCUT2D eigenvalue weighted by atomic mass is 15.0. The summed E-state index contributed by atoms with van der Waals surface area (Å²) in [5.41, 5.74) is 6.13. The van der Waals surface area contributed by atoms with Gasteiger partial charge >= 0.3 is 0 Å². The Hall–Kier alpha value is -3.26. The Morgan fingerprint density at radius 3 is 2.44 bits per heavy atom. The molecular weight excluding hydrogens is 328 g/mol. The SMILES string of the molecule is CC1CC=CC=C1n1c2ccccc2c2cc(Nc3ccccc3)ccc21. The molecule has 2 nitrogen and oxygen atoms in total. The number of hydrogen-bond acceptors (Lipinski definition) is 1. The normalized spacial score (nSPS) is 16.6. The molecule has 0 bridgehead atoms. The summed E-state index contributed by atoms with van der Waals surface area (Å²) in [6.07, 6.45) is 7.79. The van der Waals surface area contributed by atoms with E-state index < -0.39 is 0 Å². The summed E-state index contributed by atoms with van der Waals surface area (Å²) >= 11 is 0. The smallest absolute Gasteiger partial charge is 0.0539 e. The van der Waals surface area contributed by atoms with Crippen molar-refractivity contribution in [1.82, 2.24) is 4.57 Å². The Balaban J connectivity index is 1.71. The topological polar surface area (TPSA) is 17.0 Å². The van der Waals surface area contributed by atoms with Gasteiger partial charge in [0, 0.05) is 33.8 Å². The quantitative estimate of drug-likeness (QED) is 0.422. The molecule has 5 rings (SSSR count). The van der Waals surface area contributed by atoms with Crippen LogP contribution in [0.3, 0.4) is 0 Å². The maximum Gasteiger partial charge on any atom is 0.0539 e. The van der Waals surface area contributed by atoms with Gasteiger partial charge in [-0.15, -0.1) is 0 Å². The molecule has 0 saturated heterocycles. The largest absolute Gasteiger partial charge is 0.356 e. The van der Waals surface area contributed by atoms with Crippen molar-refractivity contribution in [2.24, 2.45) is 5.92 Å². The standard InChI is InChI=1S/C25H22N2/c1-18-9-5-7-13-23(18)27-24-14-8-6-12-21(24)22-17-20(15-16-25(22)27)26-19-10-3-2-4-11-19/h2-8,10-18,26H,9H2,1H3. The van der Waals surface area contributed by atoms with E-state index in [1.165, 1.54) is 27.5 Å². The van der Waals surface area contributed by atoms with Gasteiger partial charge in [0.05, 0.1) is 11.0 Å². The van der Waals surface area contributed by atoms with E-state index in [0.29, 0.717) is 5.92 Å². The summed E-state index contributed by atoms with van der Waals surface area (Å²) in [5, 5.41) is 6.11. The molecule has 1 N–H and O–H groups in total. The van der Waals surface area contributed by atoms with Crippen LogP contribution in [0.1, 0.15) is 13.3 Å². The molecule has 1 aromatic heterocycles. The van der Waals surface area contributed by atoms with Crippen molar-refractivity contribution >= 4 is 38.9 Å². The second-order valence-electron chi connectivity index (χ2n) is 7.23. The summed E-state index contributed by atoms with van der Waals surface area (Å²) in [6, 6.07) is 25.7. The van der Waals surface area contributed by atoms with E-state index in [0.717, 1.165) is 17.8 Å². The third-order valence-corrected chi connectivity index (χ3v) is 5.39. The first-order valence-corrected chi connectivity index (χ1v) is 9.53. The summed E-state index contributed by atoms with van der Waals surface area (Å²) in [6.45, 7) is 2.31. The van der Waals surface area contributed by atoms with E-state index in [-0.39, 0.29) is 0 Å². The molecule has 1 aliphatic rings. The van der Waals surface area contributed by atoms with Gasteiger partial charge in [0.25, 0.3) is 0 Å². The molecule has 132 valence electrons. The van der Waals surface area contributed by atoms with Crippen molar-refractivity contribution in [1.29, 1.82) is 0 Å². The molecule has 3 aromatic carbocycles. The van der Waals surface area contributed by atoms with Gasteiger partial charge in [-0.3, -0.25) is 0 Å². The first-order valence-electron chi connectivity index (χ1n) is 9.53. The Morgan fingerprint density at radius 2 is 1.59 bits per heavy atom. The molecule has 0 aliphatic heterocycles. The lowest BCUT2D eigenvalue weighted by molar-refractivity contribution is 0.725. The second-order valence-corrected chi connectivity index (χ2v) is 7.23. The molecule has 27 heavy (non-hydrogen) atoms. The molecule has 0 spiro atoms. The molecule has 1 aliphatic carbocycles. The van der Waals surface area contributed by atoms with E-state index in [1.54, 1.807) is 0 Å². The molecule has 4 aromatic rings. The number of aromatic nitrogens is 1. The third kappa shape index (κ3) is 2.74. The molecule has 1 unspecified atom stereocenters. The number of hydrogen-bond donors (Lipinski definition) is 1. The van der Waals surface area contributed by atoms with E-state index >= 15 is 0 Å². The number of rotatable bonds is 3. The van der Waals surface area contributed by atoms with Crippen molar-refractivity contribution in [3.05, 3.63) is 91.0 Å². The van der Waals surface area contributed by atoms with Gasteiger partial charge in [0.15, 0.2) is 0 Å². The fourth-order valence-electron chi connectivity index (χ4n) is 4.05. The number of anilines is 2. The fraction of sp³-hybridized carbons (Fsp3) is 0.120. The summed E-state index contributed by atoms with van der Waals surface area (Å²) < 4.78 is 2.44. The number of nitrogens with zero attached hydrogens (tertiary/aromatic N) is 1. The van der Waals surface area contributed by atoms with Crippen LogP contribution in [0, 0.1) is 5.92 Å². The van der Waals surface area contributed by atoms with Crippen LogP contribution in [0.4, 0.5) is 11.4 Å². The molecule has 0 amide bonds. The number of nitrogens with one attached hydrogen (secondary N) is 1. The summed E-state index contributed by atoms with van der Waals surface area (Å²) in [7, 11) is 0. The van der Waals surface area contributed by atoms with Crippen LogP contribution < -0.4 is 5.32 Å². The molecule has 0 fully saturated rings. The highest BCUT2D eigenvalue weighted by Gasteiger charge is 2.18. The monoisotopic (exact) mass is 350 g/mol. The summed E-state index contributed by atoms with van der Waals surface area (Å²) in [4.78, 5) is 0. The number of allylic oxidation sites excluding steroid dienone is 4. The van der Waals surface area contributed by atoms with Crippen LogP contribution in [0.15, 0.2) is 91.0 Å². The Morgan fingerprint density at radius 1 is 0.815 bits per heavy atom. The van der Waals surface area contributed by atoms with Crippen molar-refractivity contribution in [3.63, 3.8) is 0 Å². The predicted octanol–water partition coefficient (Wildman–Crippen LogP) is 6.98. The van der Waals surface area contributed by atoms with Gasteiger partial charge in [0.2, 0.25) is 0 Å². The minimum Gasteiger partial charge on any atom is -0.356 e. The number of benzene rings is 3. The zero-order valence-electron chi connectivity index (χ0n) is 15.4. The molecule has 2 heteroatoms. The molecule has 1 heterocycles. The first-order chi connectivity index (χ1) is 13.3. The Kier molecular flexibility index (Phi) is 3.83. The predicted molar refractivity (Wildman–Crippen MR) is 116 cm³/mol. The lowest BCUT2D eigenvalue weighted by Gasteiger charge is -2.20. The Labute approximate surface area is 159 Å². The van der Waals surface area contributed by atoms with Crippen LogP contribution >= 0.6 is 0 Å². The van der Waals surface area contributed by atoms with Crippen molar-refractivity contribution in [2.45, 2.75) is 13.3 Å². The van der Waals surface area contributed by atoms with Gasteiger partial charge in [0.1, 0.15) is 0 Å². The average molecular weight is 350 g/mol. The van der Waals surface area contributed by atoms with Gasteiger partial charge in [-0.2, -0.15) is 0 Å².